The van der Waals surface area contributed by atoms with Crippen molar-refractivity contribution in [1.29, 1.82) is 5.26 Å². The van der Waals surface area contributed by atoms with Crippen LogP contribution in [0, 0.1) is 11.3 Å². The fraction of sp³-hybridized carbons (Fsp3) is 0.440. The van der Waals surface area contributed by atoms with Crippen LogP contribution in [0.2, 0.25) is 0 Å². The topological polar surface area (TPSA) is 119 Å². The van der Waals surface area contributed by atoms with E-state index in [1.54, 1.807) is 37.9 Å². The Morgan fingerprint density at radius 3 is 2.78 bits per heavy atom. The first-order chi connectivity index (χ1) is 17.4. The highest BCUT2D eigenvalue weighted by molar-refractivity contribution is 7.98. The molecule has 1 saturated heterocycles. The normalized spacial score (nSPS) is 16.9. The van der Waals surface area contributed by atoms with E-state index in [0.717, 1.165) is 36.5 Å². The number of carbonyl (C=O) groups is 2. The van der Waals surface area contributed by atoms with Crippen LogP contribution in [0.4, 0.5) is 11.4 Å². The van der Waals surface area contributed by atoms with E-state index in [1.807, 2.05) is 24.3 Å². The Labute approximate surface area is 218 Å². The van der Waals surface area contributed by atoms with Gasteiger partial charge in [0.05, 0.1) is 6.54 Å². The van der Waals surface area contributed by atoms with E-state index in [9.17, 15) is 19.6 Å². The summed E-state index contributed by atoms with van der Waals surface area (Å²) in [5.41, 5.74) is 0.993. The molecule has 0 radical (unpaired) electrons. The van der Waals surface area contributed by atoms with Crippen molar-refractivity contribution in [3.63, 3.8) is 0 Å². The summed E-state index contributed by atoms with van der Waals surface area (Å²) in [6.07, 6.45) is 5.90. The van der Waals surface area contributed by atoms with Crippen molar-refractivity contribution < 1.29 is 9.59 Å². The van der Waals surface area contributed by atoms with Gasteiger partial charge in [-0.05, 0) is 57.7 Å². The molecule has 1 aromatic carbocycles. The Bertz CT molecular complexity index is 1310. The summed E-state index contributed by atoms with van der Waals surface area (Å²) in [5, 5.41) is 18.2. The molecule has 0 aliphatic carbocycles. The van der Waals surface area contributed by atoms with Crippen LogP contribution in [0.3, 0.4) is 0 Å². The fourth-order valence-electron chi connectivity index (χ4n) is 4.14. The summed E-state index contributed by atoms with van der Waals surface area (Å²) >= 11 is 2.89. The molecule has 1 aliphatic rings. The largest absolute Gasteiger partial charge is 0.360 e. The van der Waals surface area contributed by atoms with Crippen LogP contribution in [0.15, 0.2) is 29.1 Å². The van der Waals surface area contributed by atoms with Gasteiger partial charge in [0.2, 0.25) is 5.91 Å². The van der Waals surface area contributed by atoms with Gasteiger partial charge in [0.15, 0.2) is 5.57 Å². The Morgan fingerprint density at radius 2 is 2.08 bits per heavy atom. The van der Waals surface area contributed by atoms with Crippen LogP contribution in [0.1, 0.15) is 26.7 Å². The number of thiazole rings is 1. The monoisotopic (exact) mass is 528 g/mol. The molecular formula is C25H32N6O3S2. The maximum Gasteiger partial charge on any atom is 0.270 e. The van der Waals surface area contributed by atoms with E-state index in [4.69, 9.17) is 0 Å². The highest BCUT2D eigenvalue weighted by Crippen LogP contribution is 2.20. The Kier molecular flexibility index (Phi) is 10.2. The number of amides is 2. The number of carbonyl (C=O) groups excluding carboxylic acids is 2. The summed E-state index contributed by atoms with van der Waals surface area (Å²) in [6.45, 7) is 5.59. The van der Waals surface area contributed by atoms with Crippen LogP contribution >= 0.6 is 23.1 Å². The second-order valence-electron chi connectivity index (χ2n) is 8.31. The minimum atomic E-state index is -0.500. The molecule has 1 fully saturated rings. The molecule has 1 aliphatic heterocycles. The van der Waals surface area contributed by atoms with Gasteiger partial charge in [0.25, 0.3) is 11.5 Å². The minimum absolute atomic E-state index is 0.0530. The molecule has 2 aromatic rings. The number of hydrogen-bond donors (Lipinski definition) is 3. The zero-order valence-corrected chi connectivity index (χ0v) is 22.4. The number of hydrogen-bond acceptors (Lipinski definition) is 8. The Hall–Kier alpha value is -3.07. The summed E-state index contributed by atoms with van der Waals surface area (Å²) in [5.74, 6) is 0.478. The van der Waals surface area contributed by atoms with Gasteiger partial charge in [-0.15, -0.1) is 11.3 Å². The fourth-order valence-corrected chi connectivity index (χ4v) is 5.99. The average Bonchev–Trinajstić information content (AvgIpc) is 3.42. The van der Waals surface area contributed by atoms with Crippen molar-refractivity contribution in [2.75, 3.05) is 42.3 Å². The van der Waals surface area contributed by atoms with Gasteiger partial charge >= 0.3 is 0 Å². The van der Waals surface area contributed by atoms with Crippen molar-refractivity contribution in [3.05, 3.63) is 43.8 Å². The van der Waals surface area contributed by atoms with E-state index in [-0.39, 0.29) is 17.0 Å². The van der Waals surface area contributed by atoms with Gasteiger partial charge in [-0.25, -0.2) is 0 Å². The van der Waals surface area contributed by atoms with Gasteiger partial charge in [-0.1, -0.05) is 6.07 Å². The number of rotatable bonds is 10. The molecule has 3 N–H and O–H groups in total. The van der Waals surface area contributed by atoms with Crippen LogP contribution in [-0.4, -0.2) is 59.0 Å². The third-order valence-corrected chi connectivity index (χ3v) is 7.68. The molecule has 36 heavy (non-hydrogen) atoms. The molecule has 1 aromatic heterocycles. The van der Waals surface area contributed by atoms with Crippen molar-refractivity contribution >= 4 is 58.1 Å². The molecule has 11 heteroatoms. The molecule has 192 valence electrons. The first-order valence-corrected chi connectivity index (χ1v) is 14.1. The predicted molar refractivity (Wildman–Crippen MR) is 147 cm³/mol. The summed E-state index contributed by atoms with van der Waals surface area (Å²) in [6, 6.07) is 9.64. The van der Waals surface area contributed by atoms with Gasteiger partial charge in [0, 0.05) is 42.5 Å². The number of nitriles is 1. The minimum Gasteiger partial charge on any atom is -0.360 e. The highest BCUT2D eigenvalue weighted by atomic mass is 32.2. The van der Waals surface area contributed by atoms with Crippen LogP contribution < -0.4 is 30.7 Å². The van der Waals surface area contributed by atoms with Crippen LogP contribution in [0.25, 0.3) is 11.8 Å². The summed E-state index contributed by atoms with van der Waals surface area (Å²) < 4.78 is 2.12. The van der Waals surface area contributed by atoms with Crippen molar-refractivity contribution in [2.24, 2.45) is 0 Å². The molecule has 1 atom stereocenters. The predicted octanol–water partition coefficient (Wildman–Crippen LogP) is 1.36. The molecule has 0 bridgehead atoms. The lowest BCUT2D eigenvalue weighted by atomic mass is 10.2. The van der Waals surface area contributed by atoms with Crippen molar-refractivity contribution in [2.45, 2.75) is 39.3 Å². The lowest BCUT2D eigenvalue weighted by molar-refractivity contribution is -0.117. The third-order valence-electron chi connectivity index (χ3n) is 5.84. The Morgan fingerprint density at radius 1 is 1.31 bits per heavy atom. The standard InChI is InChI=1S/C25H32N6O3S2/c1-4-27-23(33)20(13-26)25-31(5-2)24(34)21(36-25)14-28-17-8-6-9-18(12-17)29-22(32)15-30-11-7-10-19(30)16-35-3/h6,8-9,12,14,19,28H,4-5,7,10-11,15-16H2,1-3H3,(H,27,33)(H,29,32)/b21-14+,25-20-. The molecular weight excluding hydrogens is 496 g/mol. The third kappa shape index (κ3) is 6.78. The van der Waals surface area contributed by atoms with E-state index in [2.05, 4.69) is 27.1 Å². The smallest absolute Gasteiger partial charge is 0.270 e. The van der Waals surface area contributed by atoms with E-state index in [1.165, 1.54) is 4.57 Å². The summed E-state index contributed by atoms with van der Waals surface area (Å²) in [7, 11) is 0. The molecule has 3 rings (SSSR count). The van der Waals surface area contributed by atoms with Crippen LogP contribution in [0.5, 0.6) is 0 Å². The van der Waals surface area contributed by atoms with Crippen LogP contribution in [-0.2, 0) is 16.1 Å². The second kappa shape index (κ2) is 13.3. The SMILES string of the molecule is CCNC(=O)/C(C#N)=c1\s/c(=C/Nc2cccc(NC(=O)CN3CCCC3CSC)c2)c(=O)n1CC. The quantitative estimate of drug-likeness (QED) is 0.426. The lowest BCUT2D eigenvalue weighted by Crippen LogP contribution is -2.38. The van der Waals surface area contributed by atoms with Gasteiger partial charge in [-0.3, -0.25) is 23.9 Å². The van der Waals surface area contributed by atoms with Gasteiger partial charge in [-0.2, -0.15) is 17.0 Å². The van der Waals surface area contributed by atoms with E-state index < -0.39 is 5.91 Å². The number of likely N-dealkylation sites (tertiary alicyclic amines) is 1. The number of aromatic nitrogens is 1. The first-order valence-electron chi connectivity index (χ1n) is 11.9. The molecule has 2 amide bonds. The van der Waals surface area contributed by atoms with E-state index >= 15 is 0 Å². The molecule has 9 nitrogen and oxygen atoms in total. The van der Waals surface area contributed by atoms with Crippen molar-refractivity contribution in [3.8, 4) is 6.07 Å². The van der Waals surface area contributed by atoms with E-state index in [0.29, 0.717) is 46.2 Å². The lowest BCUT2D eigenvalue weighted by Gasteiger charge is -2.23. The summed E-state index contributed by atoms with van der Waals surface area (Å²) in [4.78, 5) is 40.0. The Balaban J connectivity index is 1.78. The average molecular weight is 529 g/mol. The molecule has 0 saturated carbocycles. The number of nitrogens with one attached hydrogen (secondary N) is 3. The second-order valence-corrected chi connectivity index (χ2v) is 10.2. The number of nitrogens with zero attached hydrogens (tertiary/aromatic N) is 3. The highest BCUT2D eigenvalue weighted by Gasteiger charge is 2.25. The number of benzene rings is 1. The number of anilines is 2. The maximum atomic E-state index is 12.9. The zero-order valence-electron chi connectivity index (χ0n) is 20.8. The molecule has 2 heterocycles. The van der Waals surface area contributed by atoms with Gasteiger partial charge in [0.1, 0.15) is 15.3 Å². The molecule has 1 unspecified atom stereocenters. The first kappa shape index (κ1) is 27.5. The number of thioether (sulfide) groups is 1. The maximum absolute atomic E-state index is 12.9. The van der Waals surface area contributed by atoms with Crippen molar-refractivity contribution in [1.82, 2.24) is 14.8 Å². The molecule has 0 spiro atoms. The zero-order chi connectivity index (χ0) is 26.1. The van der Waals surface area contributed by atoms with Gasteiger partial charge < -0.3 is 16.0 Å².